The fourth-order valence-corrected chi connectivity index (χ4v) is 5.47. The summed E-state index contributed by atoms with van der Waals surface area (Å²) in [6.07, 6.45) is 0. The summed E-state index contributed by atoms with van der Waals surface area (Å²) in [6.45, 7) is 0. The molecule has 0 saturated heterocycles. The zero-order chi connectivity index (χ0) is 22.0. The summed E-state index contributed by atoms with van der Waals surface area (Å²) in [5.74, 6) is -0.170. The summed E-state index contributed by atoms with van der Waals surface area (Å²) in [6, 6.07) is 20.7. The van der Waals surface area contributed by atoms with Crippen molar-refractivity contribution in [2.75, 3.05) is 0 Å². The second-order valence-corrected chi connectivity index (χ2v) is 8.65. The molecule has 0 spiro atoms. The molecular weight excluding hydrogens is 426 g/mol. The summed E-state index contributed by atoms with van der Waals surface area (Å²) < 4.78 is 6.85. The third-order valence-electron chi connectivity index (χ3n) is 5.90. The number of benzene rings is 3. The molecule has 4 aromatic rings. The maximum absolute atomic E-state index is 13.4. The largest absolute Gasteiger partial charge is 0.455 e. The highest BCUT2D eigenvalue weighted by atomic mass is 32.1. The molecule has 1 aromatic heterocycles. The average Bonchev–Trinajstić information content (AvgIpc) is 3.10. The minimum atomic E-state index is -0.762. The summed E-state index contributed by atoms with van der Waals surface area (Å²) in [7, 11) is 0. The molecule has 0 saturated carbocycles. The van der Waals surface area contributed by atoms with Gasteiger partial charge in [0.25, 0.3) is 5.69 Å². The molecule has 0 fully saturated rings. The number of ether oxygens (including phenoxy) is 1. The Morgan fingerprint density at radius 2 is 1.66 bits per heavy atom. The van der Waals surface area contributed by atoms with Gasteiger partial charge in [-0.3, -0.25) is 19.7 Å². The van der Waals surface area contributed by atoms with E-state index in [1.807, 2.05) is 36.4 Å². The number of rotatable bonds is 2. The Morgan fingerprint density at radius 3 is 2.47 bits per heavy atom. The number of carbonyl (C=O) groups excluding carboxylic acids is 1. The van der Waals surface area contributed by atoms with E-state index in [-0.39, 0.29) is 16.2 Å². The minimum Gasteiger partial charge on any atom is -0.455 e. The number of non-ortho nitro benzene ring substituents is 1. The zero-order valence-electron chi connectivity index (χ0n) is 16.4. The van der Waals surface area contributed by atoms with Crippen LogP contribution in [0.2, 0.25) is 0 Å². The van der Waals surface area contributed by atoms with Crippen LogP contribution in [-0.2, 0) is 0 Å². The number of hydrogen-bond donors (Lipinski definition) is 0. The van der Waals surface area contributed by atoms with Crippen molar-refractivity contribution in [3.63, 3.8) is 0 Å². The molecule has 32 heavy (non-hydrogen) atoms. The van der Waals surface area contributed by atoms with Crippen molar-refractivity contribution in [3.8, 4) is 5.75 Å². The zero-order valence-corrected chi connectivity index (χ0v) is 17.2. The molecule has 0 N–H and O–H groups in total. The maximum atomic E-state index is 13.4. The lowest BCUT2D eigenvalue weighted by Gasteiger charge is -2.27. The van der Waals surface area contributed by atoms with E-state index in [0.29, 0.717) is 39.3 Å². The average molecular weight is 439 g/mol. The second kappa shape index (κ2) is 6.70. The van der Waals surface area contributed by atoms with Crippen molar-refractivity contribution >= 4 is 38.7 Å². The van der Waals surface area contributed by atoms with Crippen LogP contribution in [0, 0.1) is 10.1 Å². The summed E-state index contributed by atoms with van der Waals surface area (Å²) >= 11 is 1.08. The lowest BCUT2D eigenvalue weighted by molar-refractivity contribution is -0.384. The standard InChI is InChI=1S/C25H13NO5S/c27-22-15-8-1-2-9-16(15)23-20(22)19(13-6-5-7-14(12-13)26(29)30)21-24(31-23)17-10-3-4-11-18(17)32-25(21)28/h1-12,19H. The van der Waals surface area contributed by atoms with Crippen LogP contribution in [0.25, 0.3) is 15.8 Å². The van der Waals surface area contributed by atoms with Gasteiger partial charge in [0.15, 0.2) is 5.78 Å². The summed E-state index contributed by atoms with van der Waals surface area (Å²) in [5, 5.41) is 12.2. The first kappa shape index (κ1) is 18.7. The number of allylic oxidation sites excluding steroid dienone is 1. The van der Waals surface area contributed by atoms with Gasteiger partial charge in [-0.2, -0.15) is 0 Å². The lowest BCUT2D eigenvalue weighted by atomic mass is 9.82. The van der Waals surface area contributed by atoms with Gasteiger partial charge in [-0.25, -0.2) is 0 Å². The second-order valence-electron chi connectivity index (χ2n) is 7.63. The van der Waals surface area contributed by atoms with Gasteiger partial charge in [0, 0.05) is 33.3 Å². The van der Waals surface area contributed by atoms with Crippen LogP contribution in [0.1, 0.15) is 33.0 Å². The number of carbonyl (C=O) groups is 1. The predicted octanol–water partition coefficient (Wildman–Crippen LogP) is 5.30. The van der Waals surface area contributed by atoms with Gasteiger partial charge in [0.2, 0.25) is 4.74 Å². The van der Waals surface area contributed by atoms with Crippen molar-refractivity contribution in [3.05, 3.63) is 120 Å². The van der Waals surface area contributed by atoms with Crippen molar-refractivity contribution in [2.24, 2.45) is 0 Å². The fraction of sp³-hybridized carbons (Fsp3) is 0.0400. The minimum absolute atomic E-state index is 0.0995. The molecule has 1 atom stereocenters. The smallest absolute Gasteiger partial charge is 0.269 e. The van der Waals surface area contributed by atoms with Crippen molar-refractivity contribution in [2.45, 2.75) is 5.92 Å². The molecule has 1 aliphatic carbocycles. The van der Waals surface area contributed by atoms with Gasteiger partial charge in [-0.15, -0.1) is 0 Å². The molecule has 0 radical (unpaired) electrons. The Labute approximate surface area is 185 Å². The molecule has 0 bridgehead atoms. The Morgan fingerprint density at radius 1 is 0.906 bits per heavy atom. The number of fused-ring (bicyclic) bond motifs is 5. The van der Waals surface area contributed by atoms with Crippen molar-refractivity contribution in [1.82, 2.24) is 0 Å². The maximum Gasteiger partial charge on any atom is 0.269 e. The van der Waals surface area contributed by atoms with E-state index in [9.17, 15) is 19.7 Å². The van der Waals surface area contributed by atoms with Gasteiger partial charge in [-0.1, -0.05) is 59.9 Å². The molecular formula is C25H13NO5S. The van der Waals surface area contributed by atoms with E-state index in [1.165, 1.54) is 12.1 Å². The first-order valence-electron chi connectivity index (χ1n) is 9.91. The normalized spacial score (nSPS) is 16.4. The van der Waals surface area contributed by atoms with Crippen LogP contribution in [0.3, 0.4) is 0 Å². The van der Waals surface area contributed by atoms with Crippen LogP contribution in [0.5, 0.6) is 5.75 Å². The molecule has 0 amide bonds. The summed E-state index contributed by atoms with van der Waals surface area (Å²) in [4.78, 5) is 37.7. The van der Waals surface area contributed by atoms with Crippen LogP contribution in [-0.4, -0.2) is 10.7 Å². The van der Waals surface area contributed by atoms with E-state index in [0.717, 1.165) is 21.4 Å². The molecule has 7 heteroatoms. The fourth-order valence-electron chi connectivity index (χ4n) is 4.54. The molecule has 1 unspecified atom stereocenters. The number of nitro groups is 1. The Balaban J connectivity index is 1.71. The van der Waals surface area contributed by atoms with Gasteiger partial charge < -0.3 is 4.74 Å². The number of Topliss-reactive ketones (excluding diaryl/α,β-unsaturated/α-hetero) is 1. The topological polar surface area (TPSA) is 86.5 Å². The molecule has 154 valence electrons. The summed E-state index contributed by atoms with van der Waals surface area (Å²) in [5.41, 5.74) is 2.27. The van der Waals surface area contributed by atoms with Crippen LogP contribution >= 0.6 is 11.3 Å². The molecule has 6 rings (SSSR count). The highest BCUT2D eigenvalue weighted by Gasteiger charge is 2.43. The van der Waals surface area contributed by atoms with Crippen molar-refractivity contribution in [1.29, 1.82) is 0 Å². The van der Waals surface area contributed by atoms with Crippen molar-refractivity contribution < 1.29 is 14.5 Å². The van der Waals surface area contributed by atoms with Gasteiger partial charge in [-0.05, 0) is 17.7 Å². The van der Waals surface area contributed by atoms with E-state index >= 15 is 0 Å². The van der Waals surface area contributed by atoms with E-state index in [2.05, 4.69) is 0 Å². The van der Waals surface area contributed by atoms with E-state index < -0.39 is 10.8 Å². The number of nitrogens with zero attached hydrogens (tertiary/aromatic N) is 1. The Kier molecular flexibility index (Phi) is 3.90. The Hall–Kier alpha value is -4.10. The van der Waals surface area contributed by atoms with Crippen LogP contribution in [0.4, 0.5) is 5.69 Å². The first-order chi connectivity index (χ1) is 15.5. The monoisotopic (exact) mass is 439 g/mol. The lowest BCUT2D eigenvalue weighted by Crippen LogP contribution is -2.23. The Bertz CT molecular complexity index is 1580. The highest BCUT2D eigenvalue weighted by Crippen LogP contribution is 2.51. The third-order valence-corrected chi connectivity index (χ3v) is 6.88. The van der Waals surface area contributed by atoms with Crippen LogP contribution in [0.15, 0.2) is 83.2 Å². The number of ketones is 1. The molecule has 6 nitrogen and oxygen atoms in total. The number of hydrogen-bond acceptors (Lipinski definition) is 6. The number of nitro benzene ring substituents is 1. The third kappa shape index (κ3) is 2.52. The quantitative estimate of drug-likeness (QED) is 0.312. The molecule has 2 heterocycles. The van der Waals surface area contributed by atoms with E-state index in [4.69, 9.17) is 4.74 Å². The van der Waals surface area contributed by atoms with Gasteiger partial charge in [0.1, 0.15) is 11.5 Å². The predicted molar refractivity (Wildman–Crippen MR) is 121 cm³/mol. The van der Waals surface area contributed by atoms with Gasteiger partial charge in [0.05, 0.1) is 22.0 Å². The molecule has 2 aliphatic rings. The SMILES string of the molecule is O=C1C2=C(Oc3c(c(=O)sc4ccccc34)C2c2cccc([N+](=O)[O-])c2)c2ccccc21. The van der Waals surface area contributed by atoms with E-state index in [1.54, 1.807) is 24.3 Å². The molecule has 1 aliphatic heterocycles. The highest BCUT2D eigenvalue weighted by molar-refractivity contribution is 7.16. The first-order valence-corrected chi connectivity index (χ1v) is 10.7. The molecule has 3 aromatic carbocycles. The van der Waals surface area contributed by atoms with Crippen LogP contribution < -0.4 is 9.48 Å². The van der Waals surface area contributed by atoms with Gasteiger partial charge >= 0.3 is 0 Å².